The average Bonchev–Trinajstić information content (AvgIpc) is 3.08. The number of unbranched alkanes of at least 4 members (excludes halogenated alkanes) is 1. The van der Waals surface area contributed by atoms with Crippen LogP contribution in [0.1, 0.15) is 57.4 Å². The second-order valence-electron chi connectivity index (χ2n) is 6.55. The third-order valence-corrected chi connectivity index (χ3v) is 4.81. The third kappa shape index (κ3) is 4.64. The zero-order valence-electron chi connectivity index (χ0n) is 16.7. The lowest BCUT2D eigenvalue weighted by molar-refractivity contribution is -0.198. The van der Waals surface area contributed by atoms with Gasteiger partial charge in [-0.3, -0.25) is 4.98 Å². The molecule has 148 valence electrons. The first kappa shape index (κ1) is 21.3. The zero-order valence-corrected chi connectivity index (χ0v) is 16.7. The summed E-state index contributed by atoms with van der Waals surface area (Å²) >= 11 is 0. The number of benzene rings is 1. The fourth-order valence-corrected chi connectivity index (χ4v) is 3.57. The van der Waals surface area contributed by atoms with Gasteiger partial charge in [-0.05, 0) is 42.9 Å². The van der Waals surface area contributed by atoms with Crippen LogP contribution < -0.4 is 0 Å². The molecule has 3 rings (SSSR count). The molecule has 0 atom stereocenters. The normalized spacial score (nSPS) is 11.3. The Hall–Kier alpha value is -2.02. The van der Waals surface area contributed by atoms with Gasteiger partial charge in [0.1, 0.15) is 5.52 Å². The quantitative estimate of drug-likeness (QED) is 0.577. The topological polar surface area (TPSA) is 91.4 Å². The molecule has 0 aliphatic heterocycles. The Balaban J connectivity index is 0.000000596. The predicted molar refractivity (Wildman–Crippen MR) is 109 cm³/mol. The van der Waals surface area contributed by atoms with Crippen molar-refractivity contribution in [1.29, 1.82) is 0 Å². The number of aryl methyl sites for hydroxylation is 4. The van der Waals surface area contributed by atoms with E-state index in [1.165, 1.54) is 34.9 Å². The fourth-order valence-electron chi connectivity index (χ4n) is 3.57. The number of nitrogens with zero attached hydrogens (tertiary/aromatic N) is 3. The van der Waals surface area contributed by atoms with Gasteiger partial charge < -0.3 is 19.9 Å². The van der Waals surface area contributed by atoms with E-state index in [1.54, 1.807) is 0 Å². The summed E-state index contributed by atoms with van der Waals surface area (Å²) in [5.74, 6) is 0. The van der Waals surface area contributed by atoms with E-state index in [2.05, 4.69) is 44.4 Å². The van der Waals surface area contributed by atoms with Gasteiger partial charge in [0.2, 0.25) is 0 Å². The van der Waals surface area contributed by atoms with Crippen LogP contribution in [-0.4, -0.2) is 36.3 Å². The summed E-state index contributed by atoms with van der Waals surface area (Å²) in [6, 6.07) is 4.45. The maximum atomic E-state index is 7.17. The molecule has 1 aromatic carbocycles. The second-order valence-corrected chi connectivity index (χ2v) is 6.55. The maximum absolute atomic E-state index is 7.17. The number of aliphatic hydroxyl groups is 3. The number of fused-ring (bicyclic) bond motifs is 3. The van der Waals surface area contributed by atoms with E-state index in [9.17, 15) is 0 Å². The Morgan fingerprint density at radius 1 is 1.00 bits per heavy atom. The highest BCUT2D eigenvalue weighted by molar-refractivity contribution is 6.05. The maximum Gasteiger partial charge on any atom is 0.263 e. The molecule has 6 nitrogen and oxygen atoms in total. The summed E-state index contributed by atoms with van der Waals surface area (Å²) in [6.07, 6.45) is 7.43. The van der Waals surface area contributed by atoms with Crippen LogP contribution >= 0.6 is 0 Å². The Labute approximate surface area is 160 Å². The van der Waals surface area contributed by atoms with Gasteiger partial charge in [0.15, 0.2) is 0 Å². The van der Waals surface area contributed by atoms with E-state index in [0.717, 1.165) is 42.5 Å². The van der Waals surface area contributed by atoms with Crippen LogP contribution in [0.2, 0.25) is 0 Å². The first-order chi connectivity index (χ1) is 13.0. The van der Waals surface area contributed by atoms with Crippen LogP contribution in [0.4, 0.5) is 0 Å². The summed E-state index contributed by atoms with van der Waals surface area (Å²) < 4.78 is 2.35. The molecule has 2 aromatic heterocycles. The molecule has 0 aliphatic rings. The average molecular weight is 373 g/mol. The predicted octanol–water partition coefficient (Wildman–Crippen LogP) is 3.32. The lowest BCUT2D eigenvalue weighted by Crippen LogP contribution is -2.02. The molecule has 0 aliphatic carbocycles. The number of rotatable bonds is 6. The SMILES string of the molecule is CCCCn1cnc2c(CC)nc3ccc(CC)c(CC)c3c21.OC(O)O. The second kappa shape index (κ2) is 9.78. The molecule has 0 unspecified atom stereocenters. The minimum absolute atomic E-state index is 0.925. The van der Waals surface area contributed by atoms with Gasteiger partial charge in [-0.2, -0.15) is 0 Å². The van der Waals surface area contributed by atoms with Crippen molar-refractivity contribution >= 4 is 21.9 Å². The largest absolute Gasteiger partial charge is 0.346 e. The number of aliphatic hydroxyl groups excluding tert-OH is 1. The van der Waals surface area contributed by atoms with Crippen LogP contribution in [0, 0.1) is 0 Å². The Kier molecular flexibility index (Phi) is 7.71. The third-order valence-electron chi connectivity index (χ3n) is 4.81. The van der Waals surface area contributed by atoms with Gasteiger partial charge in [0.05, 0.1) is 23.1 Å². The molecule has 3 N–H and O–H groups in total. The number of pyridine rings is 1. The van der Waals surface area contributed by atoms with Crippen LogP contribution in [-0.2, 0) is 25.8 Å². The van der Waals surface area contributed by atoms with E-state index in [-0.39, 0.29) is 0 Å². The van der Waals surface area contributed by atoms with E-state index in [4.69, 9.17) is 25.3 Å². The molecule has 0 radical (unpaired) electrons. The number of hydrogen-bond acceptors (Lipinski definition) is 5. The Morgan fingerprint density at radius 3 is 2.26 bits per heavy atom. The molecule has 0 amide bonds. The summed E-state index contributed by atoms with van der Waals surface area (Å²) in [7, 11) is 0. The molecule has 0 saturated carbocycles. The molecular formula is C21H31N3O3. The lowest BCUT2D eigenvalue weighted by Gasteiger charge is -2.14. The standard InChI is InChI=1S/C20H27N3.CH4O3/c1-5-9-12-23-13-21-19-16(8-4)22-17-11-10-14(6-2)15(7-3)18(17)20(19)23;2-1(3)4/h10-11,13H,5-9,12H2,1-4H3;1-4H. The van der Waals surface area contributed by atoms with Crippen LogP contribution in [0.5, 0.6) is 0 Å². The number of hydrogen-bond donors (Lipinski definition) is 3. The van der Waals surface area contributed by atoms with Crippen molar-refractivity contribution in [3.8, 4) is 0 Å². The van der Waals surface area contributed by atoms with Gasteiger partial charge in [-0.25, -0.2) is 4.98 Å². The molecule has 0 saturated heterocycles. The van der Waals surface area contributed by atoms with E-state index < -0.39 is 6.48 Å². The summed E-state index contributed by atoms with van der Waals surface area (Å²) in [5.41, 5.74) is 7.53. The van der Waals surface area contributed by atoms with Gasteiger partial charge >= 0.3 is 0 Å². The van der Waals surface area contributed by atoms with Gasteiger partial charge in [-0.1, -0.05) is 40.2 Å². The van der Waals surface area contributed by atoms with Crippen molar-refractivity contribution in [3.63, 3.8) is 0 Å². The number of aromatic nitrogens is 3. The van der Waals surface area contributed by atoms with Crippen molar-refractivity contribution in [2.45, 2.75) is 72.8 Å². The molecular weight excluding hydrogens is 342 g/mol. The molecule has 0 fully saturated rings. The van der Waals surface area contributed by atoms with Crippen molar-refractivity contribution in [2.24, 2.45) is 0 Å². The molecule has 0 bridgehead atoms. The highest BCUT2D eigenvalue weighted by atomic mass is 16.6. The molecule has 27 heavy (non-hydrogen) atoms. The van der Waals surface area contributed by atoms with Crippen molar-refractivity contribution < 1.29 is 15.3 Å². The van der Waals surface area contributed by atoms with E-state index in [0.29, 0.717) is 0 Å². The van der Waals surface area contributed by atoms with Crippen LogP contribution in [0.3, 0.4) is 0 Å². The smallest absolute Gasteiger partial charge is 0.263 e. The van der Waals surface area contributed by atoms with Crippen molar-refractivity contribution in [3.05, 3.63) is 35.3 Å². The Bertz CT molecular complexity index is 885. The molecule has 6 heteroatoms. The van der Waals surface area contributed by atoms with Gasteiger partial charge in [0.25, 0.3) is 6.48 Å². The zero-order chi connectivity index (χ0) is 20.0. The molecule has 0 spiro atoms. The summed E-state index contributed by atoms with van der Waals surface area (Å²) in [5, 5.41) is 22.8. The van der Waals surface area contributed by atoms with Crippen LogP contribution in [0.15, 0.2) is 18.5 Å². The van der Waals surface area contributed by atoms with Gasteiger partial charge in [-0.15, -0.1) is 0 Å². The summed E-state index contributed by atoms with van der Waals surface area (Å²) in [4.78, 5) is 9.65. The van der Waals surface area contributed by atoms with E-state index in [1.807, 2.05) is 6.33 Å². The van der Waals surface area contributed by atoms with Crippen molar-refractivity contribution in [2.75, 3.05) is 0 Å². The first-order valence-corrected chi connectivity index (χ1v) is 9.80. The monoisotopic (exact) mass is 373 g/mol. The Morgan fingerprint density at radius 2 is 1.70 bits per heavy atom. The summed E-state index contributed by atoms with van der Waals surface area (Å²) in [6.45, 7) is 7.76. The lowest BCUT2D eigenvalue weighted by atomic mass is 9.96. The fraction of sp³-hybridized carbons (Fsp3) is 0.524. The highest BCUT2D eigenvalue weighted by Crippen LogP contribution is 2.31. The minimum atomic E-state index is -2.17. The van der Waals surface area contributed by atoms with Crippen molar-refractivity contribution in [1.82, 2.24) is 14.5 Å². The molecule has 2 heterocycles. The van der Waals surface area contributed by atoms with Crippen LogP contribution in [0.25, 0.3) is 21.9 Å². The first-order valence-electron chi connectivity index (χ1n) is 9.80. The van der Waals surface area contributed by atoms with E-state index >= 15 is 0 Å². The number of imidazole rings is 1. The van der Waals surface area contributed by atoms with Gasteiger partial charge in [0, 0.05) is 11.9 Å². The highest BCUT2D eigenvalue weighted by Gasteiger charge is 2.16. The minimum Gasteiger partial charge on any atom is -0.346 e. The molecule has 3 aromatic rings.